The average molecular weight is 603 g/mol. The highest BCUT2D eigenvalue weighted by Crippen LogP contribution is 2.29. The molecule has 1 aliphatic rings. The number of nitrogens with two attached hydrogens (primary N) is 2. The van der Waals surface area contributed by atoms with Crippen molar-refractivity contribution >= 4 is 34.6 Å². The topological polar surface area (TPSA) is 140 Å². The average Bonchev–Trinajstić information content (AvgIpc) is 3.62. The van der Waals surface area contributed by atoms with Gasteiger partial charge in [0.05, 0.1) is 36.9 Å². The number of fused-ring (bicyclic) bond motifs is 1. The summed E-state index contributed by atoms with van der Waals surface area (Å²) in [5.41, 5.74) is 16.7. The summed E-state index contributed by atoms with van der Waals surface area (Å²) < 4.78 is 18.8. The molecule has 0 unspecified atom stereocenters. The molecular weight excluding hydrogens is 568 g/mol. The molecule has 1 atom stereocenters. The van der Waals surface area contributed by atoms with Gasteiger partial charge in [-0.1, -0.05) is 23.4 Å². The highest BCUT2D eigenvalue weighted by atomic mass is 35.5. The first-order chi connectivity index (χ1) is 20.7. The van der Waals surface area contributed by atoms with Gasteiger partial charge in [-0.05, 0) is 63.8 Å². The number of nitrogen functional groups attached to an aromatic ring is 1. The van der Waals surface area contributed by atoms with Crippen LogP contribution in [-0.2, 0) is 16.1 Å². The molecule has 3 heterocycles. The zero-order valence-corrected chi connectivity index (χ0v) is 25.3. The Labute approximate surface area is 255 Å². The zero-order chi connectivity index (χ0) is 30.5. The first kappa shape index (κ1) is 30.1. The number of halogens is 1. The quantitative estimate of drug-likeness (QED) is 0.158. The fraction of sp³-hybridized carbons (Fsp3) is 0.375. The summed E-state index contributed by atoms with van der Waals surface area (Å²) in [6, 6.07) is 6.67. The van der Waals surface area contributed by atoms with Crippen molar-refractivity contribution in [2.24, 2.45) is 5.73 Å². The van der Waals surface area contributed by atoms with Crippen LogP contribution in [0, 0.1) is 25.7 Å². The smallest absolute Gasteiger partial charge is 0.323 e. The van der Waals surface area contributed by atoms with E-state index in [-0.39, 0.29) is 23.2 Å². The Morgan fingerprint density at radius 2 is 1.91 bits per heavy atom. The summed E-state index contributed by atoms with van der Waals surface area (Å²) in [4.78, 5) is 25.4. The Hall–Kier alpha value is -4.33. The number of benzene rings is 1. The lowest BCUT2D eigenvalue weighted by Crippen LogP contribution is -2.35. The lowest BCUT2D eigenvalue weighted by Gasteiger charge is -2.16. The number of aromatic nitrogens is 4. The second-order valence-corrected chi connectivity index (χ2v) is 11.0. The van der Waals surface area contributed by atoms with E-state index in [1.807, 2.05) is 48.9 Å². The summed E-state index contributed by atoms with van der Waals surface area (Å²) in [6.45, 7) is 4.65. The van der Waals surface area contributed by atoms with E-state index in [4.69, 9.17) is 37.3 Å². The van der Waals surface area contributed by atoms with Crippen LogP contribution < -0.4 is 20.9 Å². The summed E-state index contributed by atoms with van der Waals surface area (Å²) in [6.07, 6.45) is 8.07. The molecule has 4 aromatic rings. The summed E-state index contributed by atoms with van der Waals surface area (Å²) in [7, 11) is 1.65. The molecule has 0 spiro atoms. The van der Waals surface area contributed by atoms with Gasteiger partial charge in [0.25, 0.3) is 0 Å². The molecule has 5 rings (SSSR count). The van der Waals surface area contributed by atoms with Crippen molar-refractivity contribution in [3.05, 3.63) is 69.8 Å². The number of aryl methyl sites for hydroxylation is 1. The number of ether oxygens (including phenoxy) is 3. The Balaban J connectivity index is 1.28. The Morgan fingerprint density at radius 3 is 2.63 bits per heavy atom. The normalized spacial score (nSPS) is 13.9. The van der Waals surface area contributed by atoms with Crippen molar-refractivity contribution in [1.82, 2.24) is 19.5 Å². The van der Waals surface area contributed by atoms with Gasteiger partial charge in [-0.15, -0.1) is 0 Å². The Kier molecular flexibility index (Phi) is 9.34. The van der Waals surface area contributed by atoms with Gasteiger partial charge in [0, 0.05) is 35.5 Å². The molecule has 1 aliphatic carbocycles. The molecule has 4 N–H and O–H groups in total. The summed E-state index contributed by atoms with van der Waals surface area (Å²) in [5, 5.41) is 0.841. The summed E-state index contributed by atoms with van der Waals surface area (Å²) in [5.74, 6) is 7.55. The lowest BCUT2D eigenvalue weighted by molar-refractivity contribution is -0.150. The minimum absolute atomic E-state index is 0.00450. The van der Waals surface area contributed by atoms with Gasteiger partial charge in [-0.3, -0.25) is 9.78 Å². The number of pyridine rings is 1. The lowest BCUT2D eigenvalue weighted by atomic mass is 10.1. The largest absolute Gasteiger partial charge is 0.496 e. The van der Waals surface area contributed by atoms with E-state index in [1.165, 1.54) is 0 Å². The van der Waals surface area contributed by atoms with Gasteiger partial charge in [0.15, 0.2) is 0 Å². The number of methoxy groups -OCH3 is 1. The van der Waals surface area contributed by atoms with E-state index in [0.29, 0.717) is 41.9 Å². The highest BCUT2D eigenvalue weighted by molar-refractivity contribution is 6.34. The van der Waals surface area contributed by atoms with E-state index >= 15 is 0 Å². The molecule has 0 radical (unpaired) electrons. The molecule has 0 bridgehead atoms. The maximum atomic E-state index is 12.2. The third-order valence-corrected chi connectivity index (χ3v) is 7.81. The Morgan fingerprint density at radius 1 is 1.16 bits per heavy atom. The van der Waals surface area contributed by atoms with E-state index in [2.05, 4.69) is 26.8 Å². The van der Waals surface area contributed by atoms with Crippen LogP contribution in [0.15, 0.2) is 36.7 Å². The first-order valence-corrected chi connectivity index (χ1v) is 14.6. The van der Waals surface area contributed by atoms with Crippen molar-refractivity contribution in [3.63, 3.8) is 0 Å². The third kappa shape index (κ3) is 7.01. The van der Waals surface area contributed by atoms with Crippen LogP contribution in [0.3, 0.4) is 0 Å². The summed E-state index contributed by atoms with van der Waals surface area (Å²) >= 11 is 6.52. The molecule has 0 aliphatic heterocycles. The van der Waals surface area contributed by atoms with Crippen LogP contribution in [0.5, 0.6) is 11.5 Å². The molecule has 10 nitrogen and oxygen atoms in total. The van der Waals surface area contributed by atoms with Gasteiger partial charge in [0.2, 0.25) is 5.95 Å². The number of esters is 1. The molecule has 224 valence electrons. The number of anilines is 1. The number of carbonyl (C=O) groups is 1. The van der Waals surface area contributed by atoms with Crippen LogP contribution >= 0.6 is 11.6 Å². The highest BCUT2D eigenvalue weighted by Gasteiger charge is 2.23. The predicted octanol–water partition coefficient (Wildman–Crippen LogP) is 4.72. The fourth-order valence-electron chi connectivity index (χ4n) is 5.22. The molecule has 11 heteroatoms. The standard InChI is InChI=1S/C32H35ClN6O4/c1-19-16-36-26(20(2)28(19)41-3)18-39-17-22(27-29(33)37-32(35)38-30(27)39)11-8-21-9-12-23(13-10-21)42-15-14-25(34)31(40)43-24-6-4-5-7-24/h9-10,12-13,16-17,24-25H,4-7,14-15,18,34H2,1-3H3,(H2,35,37,38)/t25-/m0/s1. The van der Waals surface area contributed by atoms with Gasteiger partial charge in [-0.25, -0.2) is 4.98 Å². The molecule has 1 saturated carbocycles. The SMILES string of the molecule is COc1c(C)cnc(Cn2cc(C#Cc3ccc(OCC[C@H](N)C(=O)OC4CCCC4)cc3)c3c(Cl)nc(N)nc32)c1C. The minimum atomic E-state index is -0.702. The van der Waals surface area contributed by atoms with Crippen molar-refractivity contribution < 1.29 is 19.0 Å². The van der Waals surface area contributed by atoms with Crippen molar-refractivity contribution in [1.29, 1.82) is 0 Å². The van der Waals surface area contributed by atoms with Crippen LogP contribution in [-0.4, -0.2) is 51.4 Å². The maximum absolute atomic E-state index is 12.2. The minimum Gasteiger partial charge on any atom is -0.496 e. The van der Waals surface area contributed by atoms with Crippen LogP contribution in [0.1, 0.15) is 60.1 Å². The zero-order valence-electron chi connectivity index (χ0n) is 24.5. The fourth-order valence-corrected chi connectivity index (χ4v) is 5.49. The van der Waals surface area contributed by atoms with Crippen LogP contribution in [0.4, 0.5) is 5.95 Å². The number of carbonyl (C=O) groups excluding carboxylic acids is 1. The number of rotatable bonds is 9. The predicted molar refractivity (Wildman–Crippen MR) is 165 cm³/mol. The second kappa shape index (κ2) is 13.3. The van der Waals surface area contributed by atoms with Crippen LogP contribution in [0.25, 0.3) is 11.0 Å². The van der Waals surface area contributed by atoms with E-state index in [9.17, 15) is 4.79 Å². The van der Waals surface area contributed by atoms with Gasteiger partial charge < -0.3 is 30.2 Å². The van der Waals surface area contributed by atoms with Crippen molar-refractivity contribution in [2.75, 3.05) is 19.5 Å². The van der Waals surface area contributed by atoms with E-state index in [1.54, 1.807) is 13.3 Å². The number of nitrogens with zero attached hydrogens (tertiary/aromatic N) is 4. The van der Waals surface area contributed by atoms with Crippen LogP contribution in [0.2, 0.25) is 5.15 Å². The monoisotopic (exact) mass is 602 g/mol. The van der Waals surface area contributed by atoms with E-state index < -0.39 is 6.04 Å². The molecular formula is C32H35ClN6O4. The molecule has 1 aromatic carbocycles. The molecule has 1 fully saturated rings. The third-order valence-electron chi connectivity index (χ3n) is 7.54. The van der Waals surface area contributed by atoms with E-state index in [0.717, 1.165) is 53.8 Å². The van der Waals surface area contributed by atoms with Crippen molar-refractivity contribution in [2.45, 2.75) is 64.6 Å². The second-order valence-electron chi connectivity index (χ2n) is 10.6. The molecule has 0 saturated heterocycles. The van der Waals surface area contributed by atoms with Gasteiger partial charge in [-0.2, -0.15) is 4.98 Å². The molecule has 43 heavy (non-hydrogen) atoms. The maximum Gasteiger partial charge on any atom is 0.323 e. The Bertz CT molecular complexity index is 1690. The van der Waals surface area contributed by atoms with Gasteiger partial charge in [0.1, 0.15) is 34.4 Å². The number of hydrogen-bond acceptors (Lipinski definition) is 9. The number of hydrogen-bond donors (Lipinski definition) is 2. The molecule has 0 amide bonds. The van der Waals surface area contributed by atoms with Gasteiger partial charge >= 0.3 is 5.97 Å². The molecule has 3 aromatic heterocycles. The first-order valence-electron chi connectivity index (χ1n) is 14.3. The van der Waals surface area contributed by atoms with Crippen molar-refractivity contribution in [3.8, 4) is 23.3 Å².